The van der Waals surface area contributed by atoms with Crippen LogP contribution in [-0.4, -0.2) is 63.5 Å². The third-order valence-electron chi connectivity index (χ3n) is 7.23. The van der Waals surface area contributed by atoms with Crippen molar-refractivity contribution in [3.05, 3.63) is 57.1 Å². The van der Waals surface area contributed by atoms with E-state index in [1.165, 1.54) is 18.0 Å². The number of halogens is 2. The number of thioether (sulfide) groups is 1. The zero-order chi connectivity index (χ0) is 28.1. The smallest absolute Gasteiger partial charge is 0.341 e. The van der Waals surface area contributed by atoms with Gasteiger partial charge in [-0.2, -0.15) is 0 Å². The number of pyridine rings is 1. The first-order valence-electron chi connectivity index (χ1n) is 12.7. The van der Waals surface area contributed by atoms with Crippen molar-refractivity contribution in [2.45, 2.75) is 36.5 Å². The van der Waals surface area contributed by atoms with Gasteiger partial charge in [0.25, 0.3) is 0 Å². The van der Waals surface area contributed by atoms with Gasteiger partial charge in [-0.25, -0.2) is 14.2 Å². The number of ether oxygens (including phenoxy) is 1. The lowest BCUT2D eigenvalue weighted by Gasteiger charge is -2.23. The number of H-pyrrole nitrogens is 1. The molecule has 2 aliphatic rings. The number of hydrogen-bond donors (Lipinski definition) is 3. The van der Waals surface area contributed by atoms with Gasteiger partial charge in [-0.05, 0) is 37.5 Å². The number of amides is 1. The van der Waals surface area contributed by atoms with E-state index < -0.39 is 22.8 Å². The highest BCUT2D eigenvalue weighted by molar-refractivity contribution is 7.99. The Morgan fingerprint density at radius 1 is 1.30 bits per heavy atom. The van der Waals surface area contributed by atoms with Crippen molar-refractivity contribution in [2.75, 3.05) is 30.9 Å². The number of imidazole rings is 1. The minimum atomic E-state index is -1.36. The number of fused-ring (bicyclic) bond motifs is 2. The van der Waals surface area contributed by atoms with Crippen LogP contribution in [0.15, 0.2) is 40.4 Å². The number of aromatic carboxylic acids is 1. The highest BCUT2D eigenvalue weighted by Gasteiger charge is 2.32. The molecular weight excluding hydrogens is 561 g/mol. The lowest BCUT2D eigenvalue weighted by Crippen LogP contribution is -2.38. The van der Waals surface area contributed by atoms with Gasteiger partial charge in [0.2, 0.25) is 11.3 Å². The SMILES string of the molecule is COc1ccc2nc(SCC(=O)NC3CCN(c4c(F)cc5c(=O)c(C(=O)O)cn(C6CC6)c5c4Cl)C3)[nH]c2c1. The number of anilines is 1. The van der Waals surface area contributed by atoms with Crippen molar-refractivity contribution in [3.63, 3.8) is 0 Å². The van der Waals surface area contributed by atoms with Crippen molar-refractivity contribution in [1.29, 1.82) is 0 Å². The fraction of sp³-hybridized carbons (Fsp3) is 0.333. The summed E-state index contributed by atoms with van der Waals surface area (Å²) in [6, 6.07) is 6.36. The predicted octanol–water partition coefficient (Wildman–Crippen LogP) is 4.20. The molecule has 0 bridgehead atoms. The first-order chi connectivity index (χ1) is 19.2. The molecule has 208 valence electrons. The van der Waals surface area contributed by atoms with Crippen molar-refractivity contribution in [2.24, 2.45) is 0 Å². The first kappa shape index (κ1) is 26.5. The van der Waals surface area contributed by atoms with Crippen molar-refractivity contribution in [1.82, 2.24) is 19.9 Å². The van der Waals surface area contributed by atoms with E-state index in [0.29, 0.717) is 35.9 Å². The average molecular weight is 586 g/mol. The van der Waals surface area contributed by atoms with E-state index in [4.69, 9.17) is 16.3 Å². The maximum atomic E-state index is 15.4. The van der Waals surface area contributed by atoms with Crippen molar-refractivity contribution < 1.29 is 23.8 Å². The molecule has 0 spiro atoms. The van der Waals surface area contributed by atoms with Gasteiger partial charge >= 0.3 is 5.97 Å². The molecule has 6 rings (SSSR count). The van der Waals surface area contributed by atoms with Crippen LogP contribution in [0.2, 0.25) is 5.02 Å². The number of carbonyl (C=O) groups is 2. The summed E-state index contributed by atoms with van der Waals surface area (Å²) < 4.78 is 22.3. The second kappa shape index (κ2) is 10.3. The summed E-state index contributed by atoms with van der Waals surface area (Å²) in [6.07, 6.45) is 3.53. The van der Waals surface area contributed by atoms with E-state index in [-0.39, 0.29) is 39.8 Å². The van der Waals surface area contributed by atoms with Crippen LogP contribution in [0.5, 0.6) is 5.75 Å². The number of nitrogens with zero attached hydrogens (tertiary/aromatic N) is 3. The highest BCUT2D eigenvalue weighted by atomic mass is 35.5. The number of nitrogens with one attached hydrogen (secondary N) is 2. The maximum absolute atomic E-state index is 15.4. The van der Waals surface area contributed by atoms with E-state index in [0.717, 1.165) is 29.9 Å². The Labute approximate surface area is 236 Å². The van der Waals surface area contributed by atoms with Crippen LogP contribution >= 0.6 is 23.4 Å². The van der Waals surface area contributed by atoms with E-state index in [1.54, 1.807) is 16.6 Å². The Balaban J connectivity index is 1.17. The van der Waals surface area contributed by atoms with Gasteiger partial charge in [0.15, 0.2) is 5.16 Å². The molecule has 1 saturated carbocycles. The van der Waals surface area contributed by atoms with Crippen molar-refractivity contribution in [3.8, 4) is 5.75 Å². The molecule has 13 heteroatoms. The van der Waals surface area contributed by atoms with Crippen LogP contribution in [0.1, 0.15) is 35.7 Å². The fourth-order valence-corrected chi connectivity index (χ4v) is 6.26. The van der Waals surface area contributed by atoms with E-state index >= 15 is 4.39 Å². The third kappa shape index (κ3) is 4.86. The van der Waals surface area contributed by atoms with Gasteiger partial charge in [-0.3, -0.25) is 9.59 Å². The van der Waals surface area contributed by atoms with E-state index in [1.807, 2.05) is 18.2 Å². The molecular formula is C27H25ClFN5O5S. The van der Waals surface area contributed by atoms with Crippen LogP contribution in [0.3, 0.4) is 0 Å². The number of carbonyl (C=O) groups excluding carboxylic acids is 1. The number of hydrogen-bond acceptors (Lipinski definition) is 7. The maximum Gasteiger partial charge on any atom is 0.341 e. The molecule has 0 radical (unpaired) electrons. The fourth-order valence-electron chi connectivity index (χ4n) is 5.16. The van der Waals surface area contributed by atoms with Crippen LogP contribution in [0.4, 0.5) is 10.1 Å². The van der Waals surface area contributed by atoms with Crippen LogP contribution in [0.25, 0.3) is 21.9 Å². The lowest BCUT2D eigenvalue weighted by molar-refractivity contribution is -0.119. The van der Waals surface area contributed by atoms with Crippen LogP contribution in [-0.2, 0) is 4.79 Å². The van der Waals surface area contributed by atoms with Gasteiger partial charge in [-0.1, -0.05) is 23.4 Å². The Bertz CT molecular complexity index is 1740. The predicted molar refractivity (Wildman–Crippen MR) is 151 cm³/mol. The quantitative estimate of drug-likeness (QED) is 0.262. The molecule has 1 saturated heterocycles. The van der Waals surface area contributed by atoms with Gasteiger partial charge in [0, 0.05) is 37.4 Å². The number of aromatic nitrogens is 3. The van der Waals surface area contributed by atoms with E-state index in [9.17, 15) is 19.5 Å². The summed E-state index contributed by atoms with van der Waals surface area (Å²) in [7, 11) is 1.59. The second-order valence-electron chi connectivity index (χ2n) is 9.95. The highest BCUT2D eigenvalue weighted by Crippen LogP contribution is 2.42. The molecule has 1 amide bonds. The number of rotatable bonds is 8. The van der Waals surface area contributed by atoms with Crippen LogP contribution in [0, 0.1) is 5.82 Å². The second-order valence-corrected chi connectivity index (χ2v) is 11.3. The molecule has 1 atom stereocenters. The molecule has 3 heterocycles. The minimum absolute atomic E-state index is 0.00825. The summed E-state index contributed by atoms with van der Waals surface area (Å²) in [5, 5.41) is 13.1. The molecule has 3 N–H and O–H groups in total. The summed E-state index contributed by atoms with van der Waals surface area (Å²) in [5.74, 6) is -1.39. The Morgan fingerprint density at radius 2 is 2.10 bits per heavy atom. The Kier molecular flexibility index (Phi) is 6.83. The number of aromatic amines is 1. The molecule has 2 fully saturated rings. The molecule has 40 heavy (non-hydrogen) atoms. The largest absolute Gasteiger partial charge is 0.497 e. The summed E-state index contributed by atoms with van der Waals surface area (Å²) in [4.78, 5) is 46.6. The number of benzene rings is 2. The zero-order valence-electron chi connectivity index (χ0n) is 21.4. The molecule has 1 aliphatic heterocycles. The topological polar surface area (TPSA) is 130 Å². The third-order valence-corrected chi connectivity index (χ3v) is 8.46. The average Bonchev–Trinajstić information content (AvgIpc) is 3.53. The molecule has 10 nitrogen and oxygen atoms in total. The van der Waals surface area contributed by atoms with Gasteiger partial charge in [0.05, 0.1) is 45.5 Å². The summed E-state index contributed by atoms with van der Waals surface area (Å²) >= 11 is 8.01. The summed E-state index contributed by atoms with van der Waals surface area (Å²) in [6.45, 7) is 0.788. The first-order valence-corrected chi connectivity index (χ1v) is 14.1. The van der Waals surface area contributed by atoms with Gasteiger partial charge < -0.3 is 29.6 Å². The number of carboxylic acid groups (broad SMARTS) is 1. The zero-order valence-corrected chi connectivity index (χ0v) is 22.9. The monoisotopic (exact) mass is 585 g/mol. The molecule has 1 aliphatic carbocycles. The Morgan fingerprint density at radius 3 is 2.83 bits per heavy atom. The Hall–Kier alpha value is -3.77. The molecule has 1 unspecified atom stereocenters. The summed E-state index contributed by atoms with van der Waals surface area (Å²) in [5.41, 5.74) is 0.897. The number of carboxylic acids is 1. The van der Waals surface area contributed by atoms with Gasteiger partial charge in [0.1, 0.15) is 17.1 Å². The van der Waals surface area contributed by atoms with Crippen molar-refractivity contribution >= 4 is 62.9 Å². The lowest BCUT2D eigenvalue weighted by atomic mass is 10.1. The number of methoxy groups -OCH3 is 1. The molecule has 2 aromatic heterocycles. The van der Waals surface area contributed by atoms with Crippen LogP contribution < -0.4 is 20.4 Å². The van der Waals surface area contributed by atoms with Gasteiger partial charge in [-0.15, -0.1) is 0 Å². The normalized spacial score (nSPS) is 17.1. The van der Waals surface area contributed by atoms with E-state index in [2.05, 4.69) is 15.3 Å². The standard InChI is InChI=1S/C27H25ClFN5O5S/c1-39-15-4-5-19-20(8-15)32-27(31-19)40-12-21(35)30-13-6-7-33(10-13)24-18(29)9-16-23(22(24)28)34(14-2-3-14)11-17(25(16)36)26(37)38/h4-5,8-9,11,13-14H,2-3,6-7,10,12H2,1H3,(H,30,35)(H,31,32)(H,37,38). The molecule has 4 aromatic rings. The minimum Gasteiger partial charge on any atom is -0.497 e. The molecule has 2 aromatic carbocycles.